The zero-order valence-corrected chi connectivity index (χ0v) is 18.4. The maximum absolute atomic E-state index is 12.6. The van der Waals surface area contributed by atoms with Gasteiger partial charge in [-0.2, -0.15) is 0 Å². The maximum Gasteiger partial charge on any atom is 0.255 e. The van der Waals surface area contributed by atoms with Gasteiger partial charge in [0.1, 0.15) is 5.75 Å². The number of amides is 1. The first-order chi connectivity index (χ1) is 14.4. The minimum atomic E-state index is -0.286. The highest BCUT2D eigenvalue weighted by Gasteiger charge is 2.14. The van der Waals surface area contributed by atoms with Crippen molar-refractivity contribution in [3.63, 3.8) is 0 Å². The summed E-state index contributed by atoms with van der Waals surface area (Å²) in [5.41, 5.74) is 4.69. The number of aromatic nitrogens is 2. The van der Waals surface area contributed by atoms with E-state index in [9.17, 15) is 9.59 Å². The van der Waals surface area contributed by atoms with Gasteiger partial charge in [0.05, 0.1) is 13.5 Å². The van der Waals surface area contributed by atoms with Crippen LogP contribution < -0.4 is 15.6 Å². The van der Waals surface area contributed by atoms with Crippen LogP contribution in [0.2, 0.25) is 0 Å². The van der Waals surface area contributed by atoms with Gasteiger partial charge in [-0.1, -0.05) is 30.0 Å². The number of methoxy groups -OCH3 is 1. The van der Waals surface area contributed by atoms with E-state index in [2.05, 4.69) is 15.3 Å². The number of carbonyl (C=O) groups excluding carboxylic acids is 1. The van der Waals surface area contributed by atoms with Gasteiger partial charge >= 0.3 is 0 Å². The lowest BCUT2D eigenvalue weighted by atomic mass is 10.1. The van der Waals surface area contributed by atoms with Gasteiger partial charge in [-0.15, -0.1) is 0 Å². The van der Waals surface area contributed by atoms with E-state index in [1.54, 1.807) is 14.0 Å². The van der Waals surface area contributed by atoms with Gasteiger partial charge in [0, 0.05) is 22.7 Å². The molecule has 1 heterocycles. The van der Waals surface area contributed by atoms with Crippen molar-refractivity contribution < 1.29 is 9.53 Å². The van der Waals surface area contributed by atoms with Crippen LogP contribution in [0.1, 0.15) is 27.9 Å². The SMILES string of the molecule is COc1cccc(CSc2nc(C)c(CC(=O)Nc3ccc(C)c(C)c3)c(=O)[nH]2)c1. The topological polar surface area (TPSA) is 84.1 Å². The summed E-state index contributed by atoms with van der Waals surface area (Å²) < 4.78 is 5.23. The second-order valence-electron chi connectivity index (χ2n) is 7.10. The van der Waals surface area contributed by atoms with E-state index in [0.717, 1.165) is 28.1 Å². The summed E-state index contributed by atoms with van der Waals surface area (Å²) >= 11 is 1.43. The van der Waals surface area contributed by atoms with Crippen molar-refractivity contribution in [2.24, 2.45) is 0 Å². The van der Waals surface area contributed by atoms with Crippen molar-refractivity contribution in [2.45, 2.75) is 38.1 Å². The summed E-state index contributed by atoms with van der Waals surface area (Å²) in [4.78, 5) is 32.2. The number of rotatable bonds is 7. The van der Waals surface area contributed by atoms with E-state index in [1.807, 2.05) is 56.3 Å². The molecule has 0 bridgehead atoms. The smallest absolute Gasteiger partial charge is 0.255 e. The number of thioether (sulfide) groups is 1. The molecule has 30 heavy (non-hydrogen) atoms. The average molecular weight is 424 g/mol. The molecule has 6 nitrogen and oxygen atoms in total. The first-order valence-corrected chi connectivity index (χ1v) is 10.6. The molecule has 3 aromatic rings. The normalized spacial score (nSPS) is 10.7. The molecule has 0 saturated heterocycles. The zero-order chi connectivity index (χ0) is 21.7. The molecule has 0 aliphatic carbocycles. The average Bonchev–Trinajstić information content (AvgIpc) is 2.72. The Balaban J connectivity index is 1.67. The van der Waals surface area contributed by atoms with Gasteiger partial charge in [-0.05, 0) is 61.7 Å². The van der Waals surface area contributed by atoms with E-state index in [-0.39, 0.29) is 17.9 Å². The molecule has 7 heteroatoms. The van der Waals surface area contributed by atoms with Gasteiger partial charge in [-0.25, -0.2) is 4.98 Å². The summed E-state index contributed by atoms with van der Waals surface area (Å²) in [6.07, 6.45) is -0.0259. The van der Waals surface area contributed by atoms with Crippen molar-refractivity contribution in [1.82, 2.24) is 9.97 Å². The Bertz CT molecular complexity index is 1120. The largest absolute Gasteiger partial charge is 0.497 e. The van der Waals surface area contributed by atoms with E-state index in [1.165, 1.54) is 11.8 Å². The van der Waals surface area contributed by atoms with E-state index in [4.69, 9.17) is 4.74 Å². The Morgan fingerprint density at radius 2 is 1.93 bits per heavy atom. The molecule has 0 aliphatic heterocycles. The summed E-state index contributed by atoms with van der Waals surface area (Å²) in [6, 6.07) is 13.5. The van der Waals surface area contributed by atoms with Crippen LogP contribution in [0, 0.1) is 20.8 Å². The molecular formula is C23H25N3O3S. The third kappa shape index (κ3) is 5.51. The third-order valence-electron chi connectivity index (χ3n) is 4.84. The van der Waals surface area contributed by atoms with E-state index < -0.39 is 0 Å². The van der Waals surface area contributed by atoms with Gasteiger partial charge in [0.2, 0.25) is 5.91 Å². The molecule has 0 fully saturated rings. The second-order valence-corrected chi connectivity index (χ2v) is 8.06. The number of hydrogen-bond donors (Lipinski definition) is 2. The van der Waals surface area contributed by atoms with Gasteiger partial charge < -0.3 is 15.0 Å². The zero-order valence-electron chi connectivity index (χ0n) is 17.5. The molecule has 3 rings (SSSR count). The Morgan fingerprint density at radius 1 is 1.13 bits per heavy atom. The monoisotopic (exact) mass is 423 g/mol. The number of hydrogen-bond acceptors (Lipinski definition) is 5. The first kappa shape index (κ1) is 21.6. The highest BCUT2D eigenvalue weighted by atomic mass is 32.2. The van der Waals surface area contributed by atoms with Crippen LogP contribution in [-0.2, 0) is 17.0 Å². The number of nitrogens with one attached hydrogen (secondary N) is 2. The van der Waals surface area contributed by atoms with Crippen LogP contribution in [0.25, 0.3) is 0 Å². The molecule has 1 amide bonds. The van der Waals surface area contributed by atoms with Gasteiger partial charge in [0.15, 0.2) is 5.16 Å². The molecule has 0 aliphatic rings. The number of aromatic amines is 1. The highest BCUT2D eigenvalue weighted by molar-refractivity contribution is 7.98. The minimum Gasteiger partial charge on any atom is -0.497 e. The van der Waals surface area contributed by atoms with E-state index >= 15 is 0 Å². The highest BCUT2D eigenvalue weighted by Crippen LogP contribution is 2.22. The fourth-order valence-electron chi connectivity index (χ4n) is 2.96. The van der Waals surface area contributed by atoms with Crippen molar-refractivity contribution in [1.29, 1.82) is 0 Å². The molecule has 0 atom stereocenters. The fraction of sp³-hybridized carbons (Fsp3) is 0.261. The quantitative estimate of drug-likeness (QED) is 0.440. The maximum atomic E-state index is 12.6. The van der Waals surface area contributed by atoms with Crippen LogP contribution in [0.4, 0.5) is 5.69 Å². The molecule has 1 aromatic heterocycles. The van der Waals surface area contributed by atoms with Crippen LogP contribution >= 0.6 is 11.8 Å². The van der Waals surface area contributed by atoms with Crippen molar-refractivity contribution >= 4 is 23.4 Å². The Hall–Kier alpha value is -3.06. The van der Waals surface area contributed by atoms with E-state index in [0.29, 0.717) is 22.2 Å². The summed E-state index contributed by atoms with van der Waals surface area (Å²) in [5, 5.41) is 3.37. The number of nitrogens with zero attached hydrogens (tertiary/aromatic N) is 1. The molecule has 2 N–H and O–H groups in total. The number of carbonyl (C=O) groups is 1. The molecule has 0 unspecified atom stereocenters. The van der Waals surface area contributed by atoms with Gasteiger partial charge in [0.25, 0.3) is 5.56 Å². The molecule has 0 spiro atoms. The number of aryl methyl sites for hydroxylation is 3. The summed E-state index contributed by atoms with van der Waals surface area (Å²) in [5.74, 6) is 1.19. The fourth-order valence-corrected chi connectivity index (χ4v) is 3.81. The Kier molecular flexibility index (Phi) is 6.95. The summed E-state index contributed by atoms with van der Waals surface area (Å²) in [7, 11) is 1.63. The minimum absolute atomic E-state index is 0.0259. The molecular weight excluding hydrogens is 398 g/mol. The molecule has 0 saturated carbocycles. The van der Waals surface area contributed by atoms with Crippen molar-refractivity contribution in [2.75, 3.05) is 12.4 Å². The number of ether oxygens (including phenoxy) is 1. The Labute approximate surface area is 180 Å². The van der Waals surface area contributed by atoms with Crippen LogP contribution in [0.3, 0.4) is 0 Å². The first-order valence-electron chi connectivity index (χ1n) is 9.58. The number of anilines is 1. The lowest BCUT2D eigenvalue weighted by Gasteiger charge is -2.10. The van der Waals surface area contributed by atoms with Crippen LogP contribution in [0.5, 0.6) is 5.75 Å². The van der Waals surface area contributed by atoms with Crippen LogP contribution in [-0.4, -0.2) is 23.0 Å². The van der Waals surface area contributed by atoms with Gasteiger partial charge in [-0.3, -0.25) is 9.59 Å². The molecule has 2 aromatic carbocycles. The lowest BCUT2D eigenvalue weighted by Crippen LogP contribution is -2.23. The van der Waals surface area contributed by atoms with Crippen molar-refractivity contribution in [3.05, 3.63) is 80.8 Å². The third-order valence-corrected chi connectivity index (χ3v) is 5.78. The standard InChI is InChI=1S/C23H25N3O3S/c1-14-8-9-18(10-15(14)2)25-21(27)12-20-16(3)24-23(26-22(20)28)30-13-17-6-5-7-19(11-17)29-4/h5-11H,12-13H2,1-4H3,(H,25,27)(H,24,26,28). The summed E-state index contributed by atoms with van der Waals surface area (Å²) in [6.45, 7) is 5.76. The second kappa shape index (κ2) is 9.63. The Morgan fingerprint density at radius 3 is 2.63 bits per heavy atom. The molecule has 0 radical (unpaired) electrons. The predicted molar refractivity (Wildman–Crippen MR) is 120 cm³/mol. The molecule has 156 valence electrons. The predicted octanol–water partition coefficient (Wildman–Crippen LogP) is 4.18. The number of benzene rings is 2. The number of H-pyrrole nitrogens is 1. The van der Waals surface area contributed by atoms with Crippen molar-refractivity contribution in [3.8, 4) is 5.75 Å². The lowest BCUT2D eigenvalue weighted by molar-refractivity contribution is -0.115. The van der Waals surface area contributed by atoms with Crippen LogP contribution in [0.15, 0.2) is 52.4 Å².